The zero-order chi connectivity index (χ0) is 14.7. The zero-order valence-electron chi connectivity index (χ0n) is 11.8. The van der Waals surface area contributed by atoms with E-state index < -0.39 is 12.0 Å². The maximum atomic E-state index is 12.2. The number of carboxylic acids is 1. The van der Waals surface area contributed by atoms with Crippen LogP contribution >= 0.6 is 0 Å². The number of rotatable bonds is 4. The first kappa shape index (κ1) is 14.4. The number of aryl methyl sites for hydroxylation is 2. The van der Waals surface area contributed by atoms with Gasteiger partial charge in [-0.05, 0) is 37.8 Å². The summed E-state index contributed by atoms with van der Waals surface area (Å²) in [7, 11) is 0. The Labute approximate surface area is 118 Å². The molecule has 0 bridgehead atoms. The summed E-state index contributed by atoms with van der Waals surface area (Å²) in [5.41, 5.74) is 3.11. The second kappa shape index (κ2) is 5.94. The monoisotopic (exact) mass is 276 g/mol. The number of carbonyl (C=O) groups is 2. The maximum Gasteiger partial charge on any atom is 0.326 e. The molecule has 2 rings (SSSR count). The first-order valence-corrected chi connectivity index (χ1v) is 6.83. The lowest BCUT2D eigenvalue weighted by Crippen LogP contribution is -2.43. The largest absolute Gasteiger partial charge is 0.480 e. The fraction of sp³-hybridized carbons (Fsp3) is 0.467. The molecule has 5 nitrogen and oxygen atoms in total. The van der Waals surface area contributed by atoms with Crippen LogP contribution in [0.25, 0.3) is 0 Å². The number of likely N-dealkylation sites (tertiary alicyclic amines) is 1. The number of anilines is 1. The van der Waals surface area contributed by atoms with Crippen molar-refractivity contribution in [1.29, 1.82) is 0 Å². The summed E-state index contributed by atoms with van der Waals surface area (Å²) in [6, 6.07) is 5.27. The summed E-state index contributed by atoms with van der Waals surface area (Å²) in [5.74, 6) is -1.07. The molecule has 1 aliphatic rings. The summed E-state index contributed by atoms with van der Waals surface area (Å²) in [6.07, 6.45) is 1.30. The van der Waals surface area contributed by atoms with Gasteiger partial charge >= 0.3 is 5.97 Å². The lowest BCUT2D eigenvalue weighted by atomic mass is 10.1. The molecule has 5 heteroatoms. The van der Waals surface area contributed by atoms with E-state index in [1.54, 1.807) is 0 Å². The topological polar surface area (TPSA) is 69.6 Å². The minimum absolute atomic E-state index is 0.134. The van der Waals surface area contributed by atoms with Gasteiger partial charge in [0.1, 0.15) is 6.04 Å². The standard InChI is InChI=1S/C15H20N2O3/c1-10-5-3-6-11(2)14(10)16-9-13(18)17-8-4-7-12(17)15(19)20/h3,5-6,12,16H,4,7-9H2,1-2H3,(H,19,20)/t12-/m0/s1. The van der Waals surface area contributed by atoms with Crippen LogP contribution in [0.3, 0.4) is 0 Å². The van der Waals surface area contributed by atoms with Gasteiger partial charge in [0.2, 0.25) is 5.91 Å². The highest BCUT2D eigenvalue weighted by atomic mass is 16.4. The maximum absolute atomic E-state index is 12.2. The Kier molecular flexibility index (Phi) is 4.27. The van der Waals surface area contributed by atoms with E-state index in [-0.39, 0.29) is 12.5 Å². The Bertz CT molecular complexity index is 508. The highest BCUT2D eigenvalue weighted by Gasteiger charge is 2.33. The van der Waals surface area contributed by atoms with E-state index in [0.717, 1.165) is 23.2 Å². The minimum atomic E-state index is -0.914. The van der Waals surface area contributed by atoms with Gasteiger partial charge in [-0.2, -0.15) is 0 Å². The van der Waals surface area contributed by atoms with Gasteiger partial charge in [-0.3, -0.25) is 4.79 Å². The number of nitrogens with one attached hydrogen (secondary N) is 1. The molecule has 1 aliphatic heterocycles. The van der Waals surface area contributed by atoms with Crippen LogP contribution in [0.2, 0.25) is 0 Å². The van der Waals surface area contributed by atoms with Gasteiger partial charge in [0, 0.05) is 12.2 Å². The van der Waals surface area contributed by atoms with E-state index in [4.69, 9.17) is 5.11 Å². The van der Waals surface area contributed by atoms with Crippen molar-refractivity contribution in [1.82, 2.24) is 4.90 Å². The molecule has 0 aliphatic carbocycles. The normalized spacial score (nSPS) is 18.1. The highest BCUT2D eigenvalue weighted by molar-refractivity contribution is 5.87. The van der Waals surface area contributed by atoms with Gasteiger partial charge in [-0.25, -0.2) is 4.79 Å². The molecule has 108 valence electrons. The van der Waals surface area contributed by atoms with E-state index in [9.17, 15) is 9.59 Å². The van der Waals surface area contributed by atoms with Gasteiger partial charge in [-0.15, -0.1) is 0 Å². The molecular weight excluding hydrogens is 256 g/mol. The van der Waals surface area contributed by atoms with Crippen LogP contribution in [-0.2, 0) is 9.59 Å². The predicted molar refractivity (Wildman–Crippen MR) is 76.8 cm³/mol. The number of hydrogen-bond acceptors (Lipinski definition) is 3. The van der Waals surface area contributed by atoms with Gasteiger partial charge in [0.15, 0.2) is 0 Å². The fourth-order valence-electron chi connectivity index (χ4n) is 2.68. The third-order valence-electron chi connectivity index (χ3n) is 3.76. The molecule has 1 amide bonds. The fourth-order valence-corrected chi connectivity index (χ4v) is 2.68. The molecule has 1 fully saturated rings. The van der Waals surface area contributed by atoms with Gasteiger partial charge in [0.05, 0.1) is 6.54 Å². The number of nitrogens with zero attached hydrogens (tertiary/aromatic N) is 1. The average molecular weight is 276 g/mol. The molecule has 0 radical (unpaired) electrons. The molecule has 0 saturated carbocycles. The predicted octanol–water partition coefficient (Wildman–Crippen LogP) is 1.79. The Morgan fingerprint density at radius 3 is 2.60 bits per heavy atom. The van der Waals surface area contributed by atoms with Crippen molar-refractivity contribution in [2.45, 2.75) is 32.7 Å². The molecule has 1 aromatic carbocycles. The molecule has 1 atom stereocenters. The van der Waals surface area contributed by atoms with E-state index in [1.165, 1.54) is 4.90 Å². The zero-order valence-corrected chi connectivity index (χ0v) is 11.8. The van der Waals surface area contributed by atoms with Crippen molar-refractivity contribution in [2.24, 2.45) is 0 Å². The van der Waals surface area contributed by atoms with Crippen LogP contribution in [0.1, 0.15) is 24.0 Å². The summed E-state index contributed by atoms with van der Waals surface area (Å²) < 4.78 is 0. The van der Waals surface area contributed by atoms with Crippen LogP contribution in [0, 0.1) is 13.8 Å². The second-order valence-corrected chi connectivity index (χ2v) is 5.20. The smallest absolute Gasteiger partial charge is 0.326 e. The van der Waals surface area contributed by atoms with Crippen LogP contribution in [0.4, 0.5) is 5.69 Å². The summed E-state index contributed by atoms with van der Waals surface area (Å²) in [6.45, 7) is 4.63. The molecule has 1 aromatic rings. The Balaban J connectivity index is 2.00. The van der Waals surface area contributed by atoms with Crippen LogP contribution in [-0.4, -0.2) is 41.0 Å². The summed E-state index contributed by atoms with van der Waals surface area (Å²) in [5, 5.41) is 12.2. The molecule has 2 N–H and O–H groups in total. The Morgan fingerprint density at radius 2 is 2.00 bits per heavy atom. The van der Waals surface area contributed by atoms with Crippen molar-refractivity contribution < 1.29 is 14.7 Å². The number of hydrogen-bond donors (Lipinski definition) is 2. The number of carboxylic acid groups (broad SMARTS) is 1. The molecule has 0 unspecified atom stereocenters. The Hall–Kier alpha value is -2.04. The van der Waals surface area contributed by atoms with E-state index >= 15 is 0 Å². The molecule has 1 heterocycles. The Morgan fingerprint density at radius 1 is 1.35 bits per heavy atom. The quantitative estimate of drug-likeness (QED) is 0.879. The SMILES string of the molecule is Cc1cccc(C)c1NCC(=O)N1CCC[C@H]1C(=O)O. The number of aliphatic carboxylic acids is 1. The van der Waals surface area contributed by atoms with Crippen molar-refractivity contribution in [3.63, 3.8) is 0 Å². The average Bonchev–Trinajstić information content (AvgIpc) is 2.87. The van der Waals surface area contributed by atoms with Crippen molar-refractivity contribution in [3.05, 3.63) is 29.3 Å². The summed E-state index contributed by atoms with van der Waals surface area (Å²) in [4.78, 5) is 24.7. The summed E-state index contributed by atoms with van der Waals surface area (Å²) >= 11 is 0. The molecule has 0 aromatic heterocycles. The van der Waals surface area contributed by atoms with Crippen molar-refractivity contribution in [2.75, 3.05) is 18.4 Å². The van der Waals surface area contributed by atoms with Crippen LogP contribution < -0.4 is 5.32 Å². The number of benzene rings is 1. The minimum Gasteiger partial charge on any atom is -0.480 e. The van der Waals surface area contributed by atoms with Gasteiger partial charge in [-0.1, -0.05) is 18.2 Å². The molecule has 0 spiro atoms. The van der Waals surface area contributed by atoms with Crippen molar-refractivity contribution >= 4 is 17.6 Å². The van der Waals surface area contributed by atoms with E-state index in [0.29, 0.717) is 13.0 Å². The third-order valence-corrected chi connectivity index (χ3v) is 3.76. The third kappa shape index (κ3) is 2.92. The molecule has 20 heavy (non-hydrogen) atoms. The van der Waals surface area contributed by atoms with E-state index in [1.807, 2.05) is 32.0 Å². The number of para-hydroxylation sites is 1. The second-order valence-electron chi connectivity index (χ2n) is 5.20. The first-order valence-electron chi connectivity index (χ1n) is 6.83. The first-order chi connectivity index (χ1) is 9.50. The molecular formula is C15H20N2O3. The molecule has 1 saturated heterocycles. The van der Waals surface area contributed by atoms with Crippen LogP contribution in [0.15, 0.2) is 18.2 Å². The van der Waals surface area contributed by atoms with Crippen LogP contribution in [0.5, 0.6) is 0 Å². The lowest BCUT2D eigenvalue weighted by Gasteiger charge is -2.22. The van der Waals surface area contributed by atoms with Gasteiger partial charge in [0.25, 0.3) is 0 Å². The van der Waals surface area contributed by atoms with Gasteiger partial charge < -0.3 is 15.3 Å². The lowest BCUT2D eigenvalue weighted by molar-refractivity contribution is -0.147. The number of carbonyl (C=O) groups excluding carboxylic acids is 1. The number of amides is 1. The highest BCUT2D eigenvalue weighted by Crippen LogP contribution is 2.21. The van der Waals surface area contributed by atoms with Crippen molar-refractivity contribution in [3.8, 4) is 0 Å². The van der Waals surface area contributed by atoms with E-state index in [2.05, 4.69) is 5.32 Å².